The summed E-state index contributed by atoms with van der Waals surface area (Å²) < 4.78 is 0. The summed E-state index contributed by atoms with van der Waals surface area (Å²) in [6, 6.07) is 5.63. The summed E-state index contributed by atoms with van der Waals surface area (Å²) in [7, 11) is 0. The van der Waals surface area contributed by atoms with Crippen molar-refractivity contribution in [1.29, 1.82) is 0 Å². The minimum atomic E-state index is 0.163. The zero-order chi connectivity index (χ0) is 9.84. The van der Waals surface area contributed by atoms with Gasteiger partial charge in [0.1, 0.15) is 0 Å². The van der Waals surface area contributed by atoms with Crippen LogP contribution in [0.4, 0.5) is 0 Å². The van der Waals surface area contributed by atoms with E-state index in [0.717, 1.165) is 23.4 Å². The molecule has 0 aromatic heterocycles. The first-order chi connectivity index (χ1) is 6.13. The van der Waals surface area contributed by atoms with Gasteiger partial charge in [0.15, 0.2) is 0 Å². The third-order valence-corrected chi connectivity index (χ3v) is 2.62. The summed E-state index contributed by atoms with van der Waals surface area (Å²) in [4.78, 5) is 0. The Kier molecular flexibility index (Phi) is 4.04. The second-order valence-electron chi connectivity index (χ2n) is 3.11. The monoisotopic (exact) mass is 217 g/mol. The van der Waals surface area contributed by atoms with Crippen molar-refractivity contribution < 1.29 is 0 Å². The first-order valence-corrected chi connectivity index (χ1v) is 5.08. The SMILES string of the molecule is CCC(N)Cc1cc(Cl)ccc1Cl. The number of halogens is 2. The predicted octanol–water partition coefficient (Wildman–Crippen LogP) is 3.27. The molecule has 0 aliphatic rings. The van der Waals surface area contributed by atoms with E-state index in [4.69, 9.17) is 28.9 Å². The average molecular weight is 218 g/mol. The molecule has 0 saturated carbocycles. The average Bonchev–Trinajstić information content (AvgIpc) is 2.11. The molecule has 1 aromatic rings. The molecule has 1 aromatic carbocycles. The summed E-state index contributed by atoms with van der Waals surface area (Å²) in [5.74, 6) is 0. The highest BCUT2D eigenvalue weighted by Gasteiger charge is 2.05. The molecule has 1 nitrogen and oxygen atoms in total. The highest BCUT2D eigenvalue weighted by atomic mass is 35.5. The quantitative estimate of drug-likeness (QED) is 0.827. The molecular weight excluding hydrogens is 205 g/mol. The van der Waals surface area contributed by atoms with Crippen LogP contribution in [0.1, 0.15) is 18.9 Å². The van der Waals surface area contributed by atoms with Crippen LogP contribution in [0, 0.1) is 0 Å². The number of hydrogen-bond donors (Lipinski definition) is 1. The van der Waals surface area contributed by atoms with Crippen LogP contribution in [0.15, 0.2) is 18.2 Å². The van der Waals surface area contributed by atoms with Gasteiger partial charge in [0.2, 0.25) is 0 Å². The lowest BCUT2D eigenvalue weighted by Gasteiger charge is -2.10. The summed E-state index contributed by atoms with van der Waals surface area (Å²) in [6.45, 7) is 2.06. The van der Waals surface area contributed by atoms with Gasteiger partial charge in [-0.25, -0.2) is 0 Å². The fraction of sp³-hybridized carbons (Fsp3) is 0.400. The second kappa shape index (κ2) is 4.85. The molecule has 0 bridgehead atoms. The minimum Gasteiger partial charge on any atom is -0.327 e. The first-order valence-electron chi connectivity index (χ1n) is 4.33. The Morgan fingerprint density at radius 2 is 2.08 bits per heavy atom. The van der Waals surface area contributed by atoms with Crippen molar-refractivity contribution in [3.05, 3.63) is 33.8 Å². The van der Waals surface area contributed by atoms with Crippen molar-refractivity contribution in [2.45, 2.75) is 25.8 Å². The minimum absolute atomic E-state index is 0.163. The van der Waals surface area contributed by atoms with Crippen LogP contribution < -0.4 is 5.73 Å². The van der Waals surface area contributed by atoms with Gasteiger partial charge in [-0.15, -0.1) is 0 Å². The molecule has 0 fully saturated rings. The molecule has 0 aliphatic carbocycles. The van der Waals surface area contributed by atoms with Gasteiger partial charge in [0, 0.05) is 16.1 Å². The highest BCUT2D eigenvalue weighted by Crippen LogP contribution is 2.21. The van der Waals surface area contributed by atoms with E-state index in [1.54, 1.807) is 6.07 Å². The van der Waals surface area contributed by atoms with Crippen molar-refractivity contribution in [2.24, 2.45) is 5.73 Å². The molecular formula is C10H13Cl2N. The van der Waals surface area contributed by atoms with Gasteiger partial charge >= 0.3 is 0 Å². The van der Waals surface area contributed by atoms with Crippen molar-refractivity contribution >= 4 is 23.2 Å². The number of hydrogen-bond acceptors (Lipinski definition) is 1. The highest BCUT2D eigenvalue weighted by molar-refractivity contribution is 6.33. The third kappa shape index (κ3) is 3.18. The summed E-state index contributed by atoms with van der Waals surface area (Å²) in [6.07, 6.45) is 1.73. The number of benzene rings is 1. The molecule has 0 heterocycles. The first kappa shape index (κ1) is 10.8. The van der Waals surface area contributed by atoms with Crippen molar-refractivity contribution in [1.82, 2.24) is 0 Å². The number of rotatable bonds is 3. The maximum atomic E-state index is 5.98. The summed E-state index contributed by atoms with van der Waals surface area (Å²) >= 11 is 11.8. The Morgan fingerprint density at radius 3 is 2.69 bits per heavy atom. The Balaban J connectivity index is 2.81. The standard InChI is InChI=1S/C10H13Cl2N/c1-2-9(13)6-7-5-8(11)3-4-10(7)12/h3-5,9H,2,6,13H2,1H3. The lowest BCUT2D eigenvalue weighted by molar-refractivity contribution is 0.646. The zero-order valence-corrected chi connectivity index (χ0v) is 9.07. The van der Waals surface area contributed by atoms with E-state index >= 15 is 0 Å². The fourth-order valence-corrected chi connectivity index (χ4v) is 1.52. The fourth-order valence-electron chi connectivity index (χ4n) is 1.13. The molecule has 3 heteroatoms. The van der Waals surface area contributed by atoms with Crippen LogP contribution in [0.3, 0.4) is 0 Å². The predicted molar refractivity (Wildman–Crippen MR) is 58.4 cm³/mol. The molecule has 0 aliphatic heterocycles. The van der Waals surface area contributed by atoms with Crippen LogP contribution >= 0.6 is 23.2 Å². The Hall–Kier alpha value is -0.240. The van der Waals surface area contributed by atoms with E-state index in [1.165, 1.54) is 0 Å². The van der Waals surface area contributed by atoms with Gasteiger partial charge in [0.05, 0.1) is 0 Å². The largest absolute Gasteiger partial charge is 0.327 e. The molecule has 1 rings (SSSR count). The Morgan fingerprint density at radius 1 is 1.38 bits per heavy atom. The van der Waals surface area contributed by atoms with Crippen LogP contribution in [-0.2, 0) is 6.42 Å². The molecule has 0 saturated heterocycles. The van der Waals surface area contributed by atoms with Crippen molar-refractivity contribution in [3.63, 3.8) is 0 Å². The smallest absolute Gasteiger partial charge is 0.0439 e. The third-order valence-electron chi connectivity index (χ3n) is 2.01. The molecule has 1 atom stereocenters. The molecule has 72 valence electrons. The van der Waals surface area contributed by atoms with Crippen LogP contribution in [-0.4, -0.2) is 6.04 Å². The number of nitrogens with two attached hydrogens (primary N) is 1. The normalized spacial score (nSPS) is 12.9. The zero-order valence-electron chi connectivity index (χ0n) is 7.56. The van der Waals surface area contributed by atoms with E-state index in [1.807, 2.05) is 12.1 Å². The van der Waals surface area contributed by atoms with E-state index in [0.29, 0.717) is 5.02 Å². The van der Waals surface area contributed by atoms with Gasteiger partial charge in [-0.05, 0) is 36.6 Å². The maximum Gasteiger partial charge on any atom is 0.0439 e. The van der Waals surface area contributed by atoms with Gasteiger partial charge in [-0.2, -0.15) is 0 Å². The van der Waals surface area contributed by atoms with Crippen LogP contribution in [0.5, 0.6) is 0 Å². The summed E-state index contributed by atoms with van der Waals surface area (Å²) in [5, 5.41) is 1.45. The second-order valence-corrected chi connectivity index (χ2v) is 3.95. The summed E-state index contributed by atoms with van der Waals surface area (Å²) in [5.41, 5.74) is 6.85. The maximum absolute atomic E-state index is 5.98. The molecule has 1 unspecified atom stereocenters. The van der Waals surface area contributed by atoms with Gasteiger partial charge < -0.3 is 5.73 Å². The van der Waals surface area contributed by atoms with Crippen molar-refractivity contribution in [2.75, 3.05) is 0 Å². The Bertz CT molecular complexity index is 286. The molecule has 2 N–H and O–H groups in total. The van der Waals surface area contributed by atoms with E-state index < -0.39 is 0 Å². The lowest BCUT2D eigenvalue weighted by atomic mass is 10.1. The van der Waals surface area contributed by atoms with Gasteiger partial charge in [-0.3, -0.25) is 0 Å². The lowest BCUT2D eigenvalue weighted by Crippen LogP contribution is -2.21. The Labute approximate surface area is 88.8 Å². The van der Waals surface area contributed by atoms with E-state index in [-0.39, 0.29) is 6.04 Å². The molecule has 0 radical (unpaired) electrons. The molecule has 13 heavy (non-hydrogen) atoms. The van der Waals surface area contributed by atoms with Crippen molar-refractivity contribution in [3.8, 4) is 0 Å². The van der Waals surface area contributed by atoms with Crippen LogP contribution in [0.25, 0.3) is 0 Å². The molecule has 0 amide bonds. The van der Waals surface area contributed by atoms with Crippen LogP contribution in [0.2, 0.25) is 10.0 Å². The molecule has 0 spiro atoms. The topological polar surface area (TPSA) is 26.0 Å². The van der Waals surface area contributed by atoms with Gasteiger partial charge in [0.25, 0.3) is 0 Å². The van der Waals surface area contributed by atoms with Gasteiger partial charge in [-0.1, -0.05) is 30.1 Å². The van der Waals surface area contributed by atoms with E-state index in [2.05, 4.69) is 6.92 Å². The van der Waals surface area contributed by atoms with E-state index in [9.17, 15) is 0 Å².